The van der Waals surface area contributed by atoms with Crippen LogP contribution < -0.4 is 19.5 Å². The zero-order valence-electron chi connectivity index (χ0n) is 12.8. The Morgan fingerprint density at radius 2 is 1.85 bits per heavy atom. The van der Waals surface area contributed by atoms with Crippen LogP contribution in [0.25, 0.3) is 0 Å². The Kier molecular flexibility index (Phi) is 5.12. The van der Waals surface area contributed by atoms with Gasteiger partial charge in [-0.25, -0.2) is 0 Å². The fraction of sp³-hybridized carbons (Fsp3) is 0.625. The van der Waals surface area contributed by atoms with Crippen LogP contribution in [0.15, 0.2) is 18.2 Å². The van der Waals surface area contributed by atoms with Gasteiger partial charge in [-0.3, -0.25) is 0 Å². The SMILES string of the molecule is CC(C)CNCC(Oc1ccc2c(c1)OCO2)C(C)C. The summed E-state index contributed by atoms with van der Waals surface area (Å²) in [5, 5.41) is 3.46. The minimum atomic E-state index is 0.147. The van der Waals surface area contributed by atoms with E-state index in [2.05, 4.69) is 33.0 Å². The Morgan fingerprint density at radius 3 is 2.55 bits per heavy atom. The highest BCUT2D eigenvalue weighted by Crippen LogP contribution is 2.35. The second kappa shape index (κ2) is 6.84. The normalized spacial score (nSPS) is 14.9. The van der Waals surface area contributed by atoms with E-state index in [0.717, 1.165) is 30.3 Å². The minimum absolute atomic E-state index is 0.147. The molecular weight excluding hydrogens is 254 g/mol. The summed E-state index contributed by atoms with van der Waals surface area (Å²) in [7, 11) is 0. The molecule has 1 heterocycles. The fourth-order valence-corrected chi connectivity index (χ4v) is 2.05. The van der Waals surface area contributed by atoms with Crippen molar-refractivity contribution in [1.82, 2.24) is 5.32 Å². The average molecular weight is 279 g/mol. The van der Waals surface area contributed by atoms with Gasteiger partial charge in [-0.1, -0.05) is 27.7 Å². The Bertz CT molecular complexity index is 432. The zero-order chi connectivity index (χ0) is 14.5. The molecule has 1 aromatic carbocycles. The second-order valence-electron chi connectivity index (χ2n) is 5.97. The van der Waals surface area contributed by atoms with E-state index in [9.17, 15) is 0 Å². The molecule has 1 atom stereocenters. The summed E-state index contributed by atoms with van der Waals surface area (Å²) in [6.07, 6.45) is 0.147. The van der Waals surface area contributed by atoms with Gasteiger partial charge in [0, 0.05) is 12.6 Å². The molecule has 1 N–H and O–H groups in total. The van der Waals surface area contributed by atoms with Crippen LogP contribution in [0.3, 0.4) is 0 Å². The van der Waals surface area contributed by atoms with Crippen molar-refractivity contribution in [2.24, 2.45) is 11.8 Å². The van der Waals surface area contributed by atoms with Crippen molar-refractivity contribution in [2.45, 2.75) is 33.8 Å². The molecule has 0 amide bonds. The van der Waals surface area contributed by atoms with Gasteiger partial charge in [-0.05, 0) is 30.5 Å². The van der Waals surface area contributed by atoms with Gasteiger partial charge in [-0.15, -0.1) is 0 Å². The first-order valence-corrected chi connectivity index (χ1v) is 7.33. The minimum Gasteiger partial charge on any atom is -0.489 e. The fourth-order valence-electron chi connectivity index (χ4n) is 2.05. The van der Waals surface area contributed by atoms with Gasteiger partial charge in [-0.2, -0.15) is 0 Å². The molecule has 1 unspecified atom stereocenters. The second-order valence-corrected chi connectivity index (χ2v) is 5.97. The van der Waals surface area contributed by atoms with E-state index in [0.29, 0.717) is 18.6 Å². The topological polar surface area (TPSA) is 39.7 Å². The summed E-state index contributed by atoms with van der Waals surface area (Å²) in [6, 6.07) is 5.74. The van der Waals surface area contributed by atoms with Crippen LogP contribution >= 0.6 is 0 Å². The highest BCUT2D eigenvalue weighted by atomic mass is 16.7. The number of benzene rings is 1. The lowest BCUT2D eigenvalue weighted by atomic mass is 10.1. The third-order valence-corrected chi connectivity index (χ3v) is 3.27. The smallest absolute Gasteiger partial charge is 0.231 e. The van der Waals surface area contributed by atoms with E-state index in [4.69, 9.17) is 14.2 Å². The predicted octanol–water partition coefficient (Wildman–Crippen LogP) is 3.06. The Morgan fingerprint density at radius 1 is 1.10 bits per heavy atom. The number of rotatable bonds is 7. The molecule has 1 aliphatic rings. The van der Waals surface area contributed by atoms with Crippen molar-refractivity contribution >= 4 is 0 Å². The van der Waals surface area contributed by atoms with Gasteiger partial charge in [0.25, 0.3) is 0 Å². The molecule has 1 aromatic rings. The van der Waals surface area contributed by atoms with Gasteiger partial charge in [0.05, 0.1) is 0 Å². The highest BCUT2D eigenvalue weighted by Gasteiger charge is 2.18. The van der Waals surface area contributed by atoms with Crippen molar-refractivity contribution < 1.29 is 14.2 Å². The van der Waals surface area contributed by atoms with Gasteiger partial charge >= 0.3 is 0 Å². The third kappa shape index (κ3) is 4.04. The maximum Gasteiger partial charge on any atom is 0.231 e. The molecule has 20 heavy (non-hydrogen) atoms. The Balaban J connectivity index is 1.93. The molecule has 0 bridgehead atoms. The van der Waals surface area contributed by atoms with Crippen LogP contribution in [0.5, 0.6) is 17.2 Å². The van der Waals surface area contributed by atoms with E-state index in [1.807, 2.05) is 18.2 Å². The van der Waals surface area contributed by atoms with Crippen LogP contribution in [0.4, 0.5) is 0 Å². The lowest BCUT2D eigenvalue weighted by molar-refractivity contribution is 0.147. The van der Waals surface area contributed by atoms with Gasteiger partial charge < -0.3 is 19.5 Å². The molecule has 0 fully saturated rings. The van der Waals surface area contributed by atoms with E-state index in [1.165, 1.54) is 0 Å². The van der Waals surface area contributed by atoms with Crippen LogP contribution in [-0.4, -0.2) is 26.0 Å². The molecule has 0 saturated heterocycles. The number of ether oxygens (including phenoxy) is 3. The zero-order valence-corrected chi connectivity index (χ0v) is 12.8. The average Bonchev–Trinajstić information content (AvgIpc) is 2.84. The lowest BCUT2D eigenvalue weighted by Gasteiger charge is -2.23. The molecule has 2 rings (SSSR count). The monoisotopic (exact) mass is 279 g/mol. The first-order valence-electron chi connectivity index (χ1n) is 7.33. The molecule has 112 valence electrons. The quantitative estimate of drug-likeness (QED) is 0.832. The first-order chi connectivity index (χ1) is 9.56. The molecule has 0 saturated carbocycles. The number of hydrogen-bond donors (Lipinski definition) is 1. The summed E-state index contributed by atoms with van der Waals surface area (Å²) in [6.45, 7) is 10.9. The summed E-state index contributed by atoms with van der Waals surface area (Å²) in [5.41, 5.74) is 0. The maximum atomic E-state index is 6.08. The molecule has 0 radical (unpaired) electrons. The van der Waals surface area contributed by atoms with Crippen molar-refractivity contribution in [3.8, 4) is 17.2 Å². The van der Waals surface area contributed by atoms with Crippen LogP contribution in [-0.2, 0) is 0 Å². The van der Waals surface area contributed by atoms with Crippen LogP contribution in [0.1, 0.15) is 27.7 Å². The molecule has 4 heteroatoms. The van der Waals surface area contributed by atoms with Crippen molar-refractivity contribution in [3.63, 3.8) is 0 Å². The standard InChI is InChI=1S/C16H25NO3/c1-11(2)8-17-9-16(12(3)4)20-13-5-6-14-15(7-13)19-10-18-14/h5-7,11-12,16-17H,8-10H2,1-4H3. The van der Waals surface area contributed by atoms with E-state index >= 15 is 0 Å². The maximum absolute atomic E-state index is 6.08. The van der Waals surface area contributed by atoms with Gasteiger partial charge in [0.15, 0.2) is 11.5 Å². The van der Waals surface area contributed by atoms with E-state index in [-0.39, 0.29) is 6.10 Å². The summed E-state index contributed by atoms with van der Waals surface area (Å²) < 4.78 is 16.8. The number of hydrogen-bond acceptors (Lipinski definition) is 4. The van der Waals surface area contributed by atoms with Crippen molar-refractivity contribution in [2.75, 3.05) is 19.9 Å². The van der Waals surface area contributed by atoms with Gasteiger partial charge in [0.1, 0.15) is 11.9 Å². The van der Waals surface area contributed by atoms with Gasteiger partial charge in [0.2, 0.25) is 6.79 Å². The lowest BCUT2D eigenvalue weighted by Crippen LogP contribution is -2.36. The van der Waals surface area contributed by atoms with Crippen molar-refractivity contribution in [3.05, 3.63) is 18.2 Å². The molecule has 0 spiro atoms. The molecule has 0 aromatic heterocycles. The Labute approximate surface area is 121 Å². The van der Waals surface area contributed by atoms with Crippen molar-refractivity contribution in [1.29, 1.82) is 0 Å². The number of fused-ring (bicyclic) bond motifs is 1. The van der Waals surface area contributed by atoms with Crippen LogP contribution in [0, 0.1) is 11.8 Å². The molecule has 1 aliphatic heterocycles. The third-order valence-electron chi connectivity index (χ3n) is 3.27. The predicted molar refractivity (Wildman–Crippen MR) is 79.5 cm³/mol. The highest BCUT2D eigenvalue weighted by molar-refractivity contribution is 5.46. The number of nitrogens with one attached hydrogen (secondary N) is 1. The molecular formula is C16H25NO3. The largest absolute Gasteiger partial charge is 0.489 e. The van der Waals surface area contributed by atoms with E-state index in [1.54, 1.807) is 0 Å². The Hall–Kier alpha value is -1.42. The molecule has 0 aliphatic carbocycles. The van der Waals surface area contributed by atoms with Crippen LogP contribution in [0.2, 0.25) is 0 Å². The summed E-state index contributed by atoms with van der Waals surface area (Å²) in [5.74, 6) is 3.48. The summed E-state index contributed by atoms with van der Waals surface area (Å²) in [4.78, 5) is 0. The first kappa shape index (κ1) is 15.0. The van der Waals surface area contributed by atoms with E-state index < -0.39 is 0 Å². The molecule has 4 nitrogen and oxygen atoms in total. The summed E-state index contributed by atoms with van der Waals surface area (Å²) >= 11 is 0.